The van der Waals surface area contributed by atoms with Crippen molar-refractivity contribution in [2.24, 2.45) is 0 Å². The predicted octanol–water partition coefficient (Wildman–Crippen LogP) is 3.38. The van der Waals surface area contributed by atoms with E-state index in [4.69, 9.17) is 11.6 Å². The van der Waals surface area contributed by atoms with Gasteiger partial charge < -0.3 is 10.6 Å². The zero-order chi connectivity index (χ0) is 21.0. The molecule has 4 amide bonds. The molecule has 1 saturated heterocycles. The topological polar surface area (TPSA) is 78.5 Å². The highest BCUT2D eigenvalue weighted by atomic mass is 35.5. The maximum absolute atomic E-state index is 12.9. The van der Waals surface area contributed by atoms with Crippen molar-refractivity contribution in [3.8, 4) is 0 Å². The van der Waals surface area contributed by atoms with Crippen LogP contribution >= 0.6 is 11.6 Å². The Morgan fingerprint density at radius 2 is 1.69 bits per heavy atom. The maximum atomic E-state index is 12.9. The van der Waals surface area contributed by atoms with E-state index in [1.165, 1.54) is 5.56 Å². The normalized spacial score (nSPS) is 18.7. The van der Waals surface area contributed by atoms with Crippen LogP contribution in [0.2, 0.25) is 5.02 Å². The van der Waals surface area contributed by atoms with Crippen LogP contribution in [-0.4, -0.2) is 29.3 Å². The second kappa shape index (κ2) is 8.66. The van der Waals surface area contributed by atoms with E-state index in [9.17, 15) is 14.4 Å². The molecule has 6 nitrogen and oxygen atoms in total. The third-order valence-electron chi connectivity index (χ3n) is 5.05. The average molecular weight is 414 g/mol. The number of imide groups is 1. The van der Waals surface area contributed by atoms with E-state index in [2.05, 4.69) is 17.6 Å². The van der Waals surface area contributed by atoms with Gasteiger partial charge in [-0.1, -0.05) is 61.3 Å². The molecule has 1 atom stereocenters. The molecule has 1 aliphatic rings. The number of nitrogens with one attached hydrogen (secondary N) is 2. The van der Waals surface area contributed by atoms with Crippen molar-refractivity contribution in [3.63, 3.8) is 0 Å². The molecule has 2 aromatic carbocycles. The van der Waals surface area contributed by atoms with E-state index >= 15 is 0 Å². The third-order valence-corrected chi connectivity index (χ3v) is 5.30. The maximum Gasteiger partial charge on any atom is 0.325 e. The molecule has 0 aliphatic carbocycles. The number of hydrogen-bond acceptors (Lipinski definition) is 3. The largest absolute Gasteiger partial charge is 0.350 e. The van der Waals surface area contributed by atoms with Crippen LogP contribution in [-0.2, 0) is 28.1 Å². The highest BCUT2D eigenvalue weighted by molar-refractivity contribution is 6.30. The number of hydrogen-bond donors (Lipinski definition) is 2. The molecular weight excluding hydrogens is 390 g/mol. The van der Waals surface area contributed by atoms with E-state index in [1.54, 1.807) is 31.2 Å². The summed E-state index contributed by atoms with van der Waals surface area (Å²) in [7, 11) is 0. The minimum Gasteiger partial charge on any atom is -0.350 e. The van der Waals surface area contributed by atoms with Gasteiger partial charge in [0.25, 0.3) is 5.91 Å². The molecule has 1 fully saturated rings. The first kappa shape index (κ1) is 20.9. The van der Waals surface area contributed by atoms with Crippen molar-refractivity contribution in [1.82, 2.24) is 15.5 Å². The Morgan fingerprint density at radius 1 is 1.07 bits per heavy atom. The van der Waals surface area contributed by atoms with Crippen LogP contribution in [0.15, 0.2) is 48.5 Å². The number of aryl methyl sites for hydroxylation is 1. The summed E-state index contributed by atoms with van der Waals surface area (Å²) >= 11 is 5.85. The van der Waals surface area contributed by atoms with Gasteiger partial charge in [-0.05, 0) is 42.2 Å². The van der Waals surface area contributed by atoms with Gasteiger partial charge in [-0.15, -0.1) is 0 Å². The van der Waals surface area contributed by atoms with Crippen molar-refractivity contribution in [2.45, 2.75) is 38.8 Å². The third kappa shape index (κ3) is 4.59. The number of rotatable bonds is 7. The first-order valence-corrected chi connectivity index (χ1v) is 9.96. The molecule has 2 N–H and O–H groups in total. The van der Waals surface area contributed by atoms with E-state index in [0.29, 0.717) is 10.6 Å². The standard InChI is InChI=1S/C22H24ClN3O3/c1-3-4-15-5-9-17(10-6-15)22(2)20(28)26(21(29)25-22)14-19(27)24-13-16-7-11-18(23)12-8-16/h5-12H,3-4,13-14H2,1-2H3,(H,24,27)(H,25,29)/t22-/m0/s1. The lowest BCUT2D eigenvalue weighted by Crippen LogP contribution is -2.43. The van der Waals surface area contributed by atoms with Crippen LogP contribution in [0, 0.1) is 0 Å². The van der Waals surface area contributed by atoms with Crippen LogP contribution in [0.25, 0.3) is 0 Å². The van der Waals surface area contributed by atoms with E-state index in [0.717, 1.165) is 23.3 Å². The second-order valence-electron chi connectivity index (χ2n) is 7.30. The molecule has 1 aliphatic heterocycles. The number of urea groups is 1. The van der Waals surface area contributed by atoms with Crippen molar-refractivity contribution >= 4 is 29.4 Å². The van der Waals surface area contributed by atoms with Gasteiger partial charge in [-0.25, -0.2) is 4.79 Å². The zero-order valence-electron chi connectivity index (χ0n) is 16.5. The average Bonchev–Trinajstić information content (AvgIpc) is 2.92. The van der Waals surface area contributed by atoms with Gasteiger partial charge >= 0.3 is 6.03 Å². The predicted molar refractivity (Wildman–Crippen MR) is 111 cm³/mol. The Kier molecular flexibility index (Phi) is 6.23. The SMILES string of the molecule is CCCc1ccc([C@]2(C)NC(=O)N(CC(=O)NCc3ccc(Cl)cc3)C2=O)cc1. The van der Waals surface area contributed by atoms with Crippen LogP contribution in [0.4, 0.5) is 4.79 Å². The molecule has 152 valence electrons. The monoisotopic (exact) mass is 413 g/mol. The molecule has 3 rings (SSSR count). The number of halogens is 1. The van der Waals surface area contributed by atoms with E-state index in [1.807, 2.05) is 24.3 Å². The Balaban J connectivity index is 1.64. The molecule has 29 heavy (non-hydrogen) atoms. The lowest BCUT2D eigenvalue weighted by atomic mass is 9.91. The minimum atomic E-state index is -1.18. The summed E-state index contributed by atoms with van der Waals surface area (Å²) in [6.07, 6.45) is 1.99. The fourth-order valence-corrected chi connectivity index (χ4v) is 3.46. The highest BCUT2D eigenvalue weighted by Crippen LogP contribution is 2.29. The Labute approximate surface area is 175 Å². The first-order chi connectivity index (χ1) is 13.8. The smallest absolute Gasteiger partial charge is 0.325 e. The Hall–Kier alpha value is -2.86. The number of benzene rings is 2. The fourth-order valence-electron chi connectivity index (χ4n) is 3.33. The van der Waals surface area contributed by atoms with Gasteiger partial charge in [-0.3, -0.25) is 14.5 Å². The quantitative estimate of drug-likeness (QED) is 0.683. The van der Waals surface area contributed by atoms with Crippen molar-refractivity contribution < 1.29 is 14.4 Å². The van der Waals surface area contributed by atoms with Gasteiger partial charge in [0.15, 0.2) is 0 Å². The number of nitrogens with zero attached hydrogens (tertiary/aromatic N) is 1. The second-order valence-corrected chi connectivity index (χ2v) is 7.73. The van der Waals surface area contributed by atoms with Gasteiger partial charge in [0.1, 0.15) is 12.1 Å². The molecule has 0 aromatic heterocycles. The van der Waals surface area contributed by atoms with Gasteiger partial charge in [0.05, 0.1) is 0 Å². The first-order valence-electron chi connectivity index (χ1n) is 9.58. The summed E-state index contributed by atoms with van der Waals surface area (Å²) in [4.78, 5) is 38.6. The summed E-state index contributed by atoms with van der Waals surface area (Å²) in [6, 6.07) is 14.1. The van der Waals surface area contributed by atoms with Crippen molar-refractivity contribution in [2.75, 3.05) is 6.54 Å². The van der Waals surface area contributed by atoms with Crippen molar-refractivity contribution in [3.05, 3.63) is 70.2 Å². The summed E-state index contributed by atoms with van der Waals surface area (Å²) in [5.41, 5.74) is 1.56. The summed E-state index contributed by atoms with van der Waals surface area (Å²) in [5, 5.41) is 6.06. The molecule has 1 heterocycles. The molecule has 0 unspecified atom stereocenters. The fraction of sp³-hybridized carbons (Fsp3) is 0.318. The van der Waals surface area contributed by atoms with Crippen molar-refractivity contribution in [1.29, 1.82) is 0 Å². The lowest BCUT2D eigenvalue weighted by Gasteiger charge is -2.22. The summed E-state index contributed by atoms with van der Waals surface area (Å²) in [5.74, 6) is -0.849. The van der Waals surface area contributed by atoms with Gasteiger partial charge in [-0.2, -0.15) is 0 Å². The summed E-state index contributed by atoms with van der Waals surface area (Å²) in [6.45, 7) is 3.72. The molecule has 0 spiro atoms. The Bertz CT molecular complexity index is 912. The molecule has 2 aromatic rings. The number of carbonyl (C=O) groups excluding carboxylic acids is 3. The Morgan fingerprint density at radius 3 is 2.31 bits per heavy atom. The number of carbonyl (C=O) groups is 3. The van der Waals surface area contributed by atoms with Crippen LogP contribution in [0.1, 0.15) is 37.0 Å². The van der Waals surface area contributed by atoms with Gasteiger partial charge in [0, 0.05) is 11.6 Å². The van der Waals surface area contributed by atoms with E-state index < -0.39 is 23.4 Å². The highest BCUT2D eigenvalue weighted by Gasteiger charge is 2.49. The molecule has 0 saturated carbocycles. The van der Waals surface area contributed by atoms with Gasteiger partial charge in [0.2, 0.25) is 5.91 Å². The van der Waals surface area contributed by atoms with Crippen LogP contribution in [0.5, 0.6) is 0 Å². The summed E-state index contributed by atoms with van der Waals surface area (Å²) < 4.78 is 0. The van der Waals surface area contributed by atoms with Crippen LogP contribution < -0.4 is 10.6 Å². The minimum absolute atomic E-state index is 0.288. The lowest BCUT2D eigenvalue weighted by molar-refractivity contribution is -0.134. The molecule has 7 heteroatoms. The molecule has 0 radical (unpaired) electrons. The number of amides is 4. The van der Waals surface area contributed by atoms with E-state index in [-0.39, 0.29) is 13.1 Å². The zero-order valence-corrected chi connectivity index (χ0v) is 17.3. The molecular formula is C22H24ClN3O3. The molecule has 0 bridgehead atoms. The van der Waals surface area contributed by atoms with Crippen LogP contribution in [0.3, 0.4) is 0 Å².